The van der Waals surface area contributed by atoms with Gasteiger partial charge in [-0.1, -0.05) is 36.4 Å². The van der Waals surface area contributed by atoms with Gasteiger partial charge in [-0.3, -0.25) is 0 Å². The Morgan fingerprint density at radius 3 is 2.25 bits per heavy atom. The van der Waals surface area contributed by atoms with Crippen molar-refractivity contribution in [2.24, 2.45) is 0 Å². The number of halogens is 4. The smallest absolute Gasteiger partial charge is 0.405 e. The van der Waals surface area contributed by atoms with Gasteiger partial charge in [0, 0.05) is 5.56 Å². The van der Waals surface area contributed by atoms with Gasteiger partial charge in [-0.25, -0.2) is 0 Å². The second kappa shape index (κ2) is 5.75. The number of ether oxygens (including phenoxy) is 1. The van der Waals surface area contributed by atoms with E-state index < -0.39 is 6.36 Å². The molecule has 0 bridgehead atoms. The van der Waals surface area contributed by atoms with Crippen LogP contribution in [-0.4, -0.2) is 6.36 Å². The molecule has 0 fully saturated rings. The lowest BCUT2D eigenvalue weighted by Crippen LogP contribution is -2.18. The standard InChI is InChI=1S/C15H12ClF3O/c1-10-12(11-5-3-2-4-6-11)7-8-14(13(10)9-16)20-15(17,18)19/h2-8H,9H2,1H3. The van der Waals surface area contributed by atoms with E-state index in [2.05, 4.69) is 4.74 Å². The molecule has 0 saturated carbocycles. The van der Waals surface area contributed by atoms with E-state index in [4.69, 9.17) is 11.6 Å². The summed E-state index contributed by atoms with van der Waals surface area (Å²) in [5.74, 6) is -0.289. The van der Waals surface area contributed by atoms with E-state index in [0.717, 1.165) is 11.1 Å². The van der Waals surface area contributed by atoms with E-state index in [9.17, 15) is 13.2 Å². The monoisotopic (exact) mass is 300 g/mol. The summed E-state index contributed by atoms with van der Waals surface area (Å²) >= 11 is 5.78. The van der Waals surface area contributed by atoms with Gasteiger partial charge in [0.2, 0.25) is 0 Å². The van der Waals surface area contributed by atoms with Crippen LogP contribution in [0.4, 0.5) is 13.2 Å². The van der Waals surface area contributed by atoms with Crippen LogP contribution < -0.4 is 4.74 Å². The summed E-state index contributed by atoms with van der Waals surface area (Å²) in [6, 6.07) is 12.3. The van der Waals surface area contributed by atoms with Crippen LogP contribution in [0.2, 0.25) is 0 Å². The highest BCUT2D eigenvalue weighted by Crippen LogP contribution is 2.35. The van der Waals surface area contributed by atoms with Gasteiger partial charge >= 0.3 is 6.36 Å². The zero-order valence-corrected chi connectivity index (χ0v) is 11.4. The van der Waals surface area contributed by atoms with Crippen molar-refractivity contribution in [2.45, 2.75) is 19.2 Å². The Balaban J connectivity index is 2.49. The first-order chi connectivity index (χ1) is 9.42. The zero-order chi connectivity index (χ0) is 14.8. The molecule has 0 atom stereocenters. The maximum atomic E-state index is 12.3. The van der Waals surface area contributed by atoms with Crippen molar-refractivity contribution in [2.75, 3.05) is 0 Å². The highest BCUT2D eigenvalue weighted by molar-refractivity contribution is 6.17. The normalized spacial score (nSPS) is 11.4. The highest BCUT2D eigenvalue weighted by atomic mass is 35.5. The molecular formula is C15H12ClF3O. The van der Waals surface area contributed by atoms with Crippen LogP contribution in [0.5, 0.6) is 5.75 Å². The van der Waals surface area contributed by atoms with Gasteiger partial charge in [0.05, 0.1) is 5.88 Å². The van der Waals surface area contributed by atoms with E-state index in [1.165, 1.54) is 6.07 Å². The van der Waals surface area contributed by atoms with Crippen LogP contribution >= 0.6 is 11.6 Å². The van der Waals surface area contributed by atoms with Crippen LogP contribution in [0.3, 0.4) is 0 Å². The Labute approximate surface area is 119 Å². The topological polar surface area (TPSA) is 9.23 Å². The fourth-order valence-electron chi connectivity index (χ4n) is 2.05. The van der Waals surface area contributed by atoms with Crippen molar-refractivity contribution in [3.05, 3.63) is 53.6 Å². The van der Waals surface area contributed by atoms with E-state index in [-0.39, 0.29) is 11.6 Å². The molecule has 0 aliphatic rings. The number of benzene rings is 2. The fraction of sp³-hybridized carbons (Fsp3) is 0.200. The summed E-state index contributed by atoms with van der Waals surface area (Å²) in [5.41, 5.74) is 2.81. The Kier molecular flexibility index (Phi) is 4.23. The lowest BCUT2D eigenvalue weighted by atomic mass is 9.96. The Morgan fingerprint density at radius 1 is 1.05 bits per heavy atom. The fourth-order valence-corrected chi connectivity index (χ4v) is 2.38. The maximum absolute atomic E-state index is 12.3. The van der Waals surface area contributed by atoms with Gasteiger partial charge in [0.1, 0.15) is 5.75 Å². The third-order valence-corrected chi connectivity index (χ3v) is 3.27. The summed E-state index contributed by atoms with van der Waals surface area (Å²) < 4.78 is 41.1. The van der Waals surface area contributed by atoms with E-state index >= 15 is 0 Å². The Morgan fingerprint density at radius 2 is 1.70 bits per heavy atom. The third-order valence-electron chi connectivity index (χ3n) is 3.00. The van der Waals surface area contributed by atoms with Gasteiger partial charge in [0.25, 0.3) is 0 Å². The second-order valence-corrected chi connectivity index (χ2v) is 4.53. The largest absolute Gasteiger partial charge is 0.573 e. The van der Waals surface area contributed by atoms with Crippen LogP contribution in [-0.2, 0) is 5.88 Å². The lowest BCUT2D eigenvalue weighted by Gasteiger charge is -2.16. The molecule has 106 valence electrons. The van der Waals surface area contributed by atoms with Crippen molar-refractivity contribution in [1.82, 2.24) is 0 Å². The van der Waals surface area contributed by atoms with Crippen LogP contribution in [0.25, 0.3) is 11.1 Å². The van der Waals surface area contributed by atoms with Gasteiger partial charge in [0.15, 0.2) is 0 Å². The number of alkyl halides is 4. The summed E-state index contributed by atoms with van der Waals surface area (Å²) in [6.45, 7) is 1.74. The first kappa shape index (κ1) is 14.7. The lowest BCUT2D eigenvalue weighted by molar-refractivity contribution is -0.274. The first-order valence-corrected chi connectivity index (χ1v) is 6.45. The molecule has 2 rings (SSSR count). The second-order valence-electron chi connectivity index (χ2n) is 4.26. The molecule has 0 aromatic heterocycles. The van der Waals surface area contributed by atoms with E-state index in [1.54, 1.807) is 13.0 Å². The average Bonchev–Trinajstić information content (AvgIpc) is 2.38. The van der Waals surface area contributed by atoms with Crippen LogP contribution in [0.1, 0.15) is 11.1 Å². The van der Waals surface area contributed by atoms with Gasteiger partial charge in [-0.05, 0) is 29.7 Å². The summed E-state index contributed by atoms with van der Waals surface area (Å²) in [7, 11) is 0. The molecule has 0 aliphatic carbocycles. The summed E-state index contributed by atoms with van der Waals surface area (Å²) in [6.07, 6.45) is -4.72. The van der Waals surface area contributed by atoms with Gasteiger partial charge < -0.3 is 4.74 Å². The predicted molar refractivity (Wildman–Crippen MR) is 72.9 cm³/mol. The van der Waals surface area contributed by atoms with Crippen molar-refractivity contribution in [3.63, 3.8) is 0 Å². The SMILES string of the molecule is Cc1c(-c2ccccc2)ccc(OC(F)(F)F)c1CCl. The molecule has 0 heterocycles. The highest BCUT2D eigenvalue weighted by Gasteiger charge is 2.32. The van der Waals surface area contributed by atoms with Crippen LogP contribution in [0.15, 0.2) is 42.5 Å². The zero-order valence-electron chi connectivity index (χ0n) is 10.7. The average molecular weight is 301 g/mol. The van der Waals surface area contributed by atoms with E-state index in [0.29, 0.717) is 11.1 Å². The Hall–Kier alpha value is -1.68. The summed E-state index contributed by atoms with van der Waals surface area (Å²) in [5, 5.41) is 0. The molecule has 0 spiro atoms. The number of hydrogen-bond donors (Lipinski definition) is 0. The third kappa shape index (κ3) is 3.25. The minimum Gasteiger partial charge on any atom is -0.405 e. The molecule has 0 amide bonds. The predicted octanol–water partition coefficient (Wildman–Crippen LogP) is 5.30. The number of rotatable bonds is 3. The molecule has 2 aromatic rings. The summed E-state index contributed by atoms with van der Waals surface area (Å²) in [4.78, 5) is 0. The van der Waals surface area contributed by atoms with Crippen molar-refractivity contribution in [3.8, 4) is 16.9 Å². The minimum atomic E-state index is -4.72. The van der Waals surface area contributed by atoms with Crippen molar-refractivity contribution >= 4 is 11.6 Å². The Bertz CT molecular complexity index is 594. The minimum absolute atomic E-state index is 0.0437. The first-order valence-electron chi connectivity index (χ1n) is 5.92. The molecule has 0 N–H and O–H groups in total. The quantitative estimate of drug-likeness (QED) is 0.699. The molecule has 2 aromatic carbocycles. The molecule has 0 aliphatic heterocycles. The molecule has 0 unspecified atom stereocenters. The van der Waals surface area contributed by atoms with E-state index in [1.807, 2.05) is 30.3 Å². The molecule has 0 saturated heterocycles. The number of hydrogen-bond acceptors (Lipinski definition) is 1. The molecule has 5 heteroatoms. The van der Waals surface area contributed by atoms with Gasteiger partial charge in [-0.2, -0.15) is 0 Å². The molecule has 1 nitrogen and oxygen atoms in total. The van der Waals surface area contributed by atoms with Crippen LogP contribution in [0, 0.1) is 6.92 Å². The van der Waals surface area contributed by atoms with Crippen molar-refractivity contribution in [1.29, 1.82) is 0 Å². The molecular weight excluding hydrogens is 289 g/mol. The molecule has 0 radical (unpaired) electrons. The molecule has 20 heavy (non-hydrogen) atoms. The van der Waals surface area contributed by atoms with Crippen molar-refractivity contribution < 1.29 is 17.9 Å². The van der Waals surface area contributed by atoms with Gasteiger partial charge in [-0.15, -0.1) is 24.8 Å². The maximum Gasteiger partial charge on any atom is 0.573 e.